The molecule has 2 unspecified atom stereocenters. The van der Waals surface area contributed by atoms with E-state index in [9.17, 15) is 5.11 Å². The molecule has 3 fully saturated rings. The summed E-state index contributed by atoms with van der Waals surface area (Å²) in [4.78, 5) is 0. The summed E-state index contributed by atoms with van der Waals surface area (Å²) in [5.74, 6) is 2.92. The van der Waals surface area contributed by atoms with Crippen LogP contribution in [-0.2, 0) is 0 Å². The van der Waals surface area contributed by atoms with Crippen LogP contribution in [0.3, 0.4) is 0 Å². The second-order valence-electron chi connectivity index (χ2n) is 8.02. The van der Waals surface area contributed by atoms with Gasteiger partial charge in [-0.25, -0.2) is 0 Å². The van der Waals surface area contributed by atoms with E-state index in [4.69, 9.17) is 0 Å². The van der Waals surface area contributed by atoms with E-state index < -0.39 is 0 Å². The average molecular weight is 293 g/mol. The number of aliphatic hydroxyl groups is 1. The molecule has 0 radical (unpaired) electrons. The Hall–Kier alpha value is -0.0800. The van der Waals surface area contributed by atoms with Gasteiger partial charge < -0.3 is 10.4 Å². The van der Waals surface area contributed by atoms with Gasteiger partial charge in [-0.3, -0.25) is 0 Å². The molecule has 0 amide bonds. The molecule has 0 aromatic carbocycles. The van der Waals surface area contributed by atoms with Crippen LogP contribution in [0.1, 0.15) is 83.5 Å². The zero-order valence-corrected chi connectivity index (χ0v) is 13.7. The van der Waals surface area contributed by atoms with Gasteiger partial charge in [-0.05, 0) is 43.6 Å². The molecule has 122 valence electrons. The van der Waals surface area contributed by atoms with Gasteiger partial charge in [0, 0.05) is 6.04 Å². The zero-order chi connectivity index (χ0) is 14.5. The summed E-state index contributed by atoms with van der Waals surface area (Å²) in [6.07, 6.45) is 18.0. The summed E-state index contributed by atoms with van der Waals surface area (Å²) >= 11 is 0. The Morgan fingerprint density at radius 3 is 1.90 bits per heavy atom. The first kappa shape index (κ1) is 15.8. The molecule has 21 heavy (non-hydrogen) atoms. The van der Waals surface area contributed by atoms with Crippen molar-refractivity contribution in [2.75, 3.05) is 6.54 Å². The summed E-state index contributed by atoms with van der Waals surface area (Å²) in [7, 11) is 0. The van der Waals surface area contributed by atoms with Gasteiger partial charge in [-0.1, -0.05) is 64.2 Å². The lowest BCUT2D eigenvalue weighted by molar-refractivity contribution is 0.0805. The van der Waals surface area contributed by atoms with Crippen molar-refractivity contribution >= 4 is 0 Å². The molecule has 1 aliphatic heterocycles. The first-order valence-corrected chi connectivity index (χ1v) is 9.74. The van der Waals surface area contributed by atoms with Crippen LogP contribution >= 0.6 is 0 Å². The van der Waals surface area contributed by atoms with Gasteiger partial charge in [-0.2, -0.15) is 0 Å². The minimum absolute atomic E-state index is 0.0467. The standard InChI is InChI=1S/C19H35NO/c21-18-11-12-20-17(13-18)14-19(15-7-3-1-4-8-15)16-9-5-2-6-10-16/h15-21H,1-14H2. The Bertz CT molecular complexity index is 276. The minimum Gasteiger partial charge on any atom is -0.393 e. The van der Waals surface area contributed by atoms with Crippen LogP contribution in [-0.4, -0.2) is 23.8 Å². The molecule has 1 heterocycles. The second-order valence-corrected chi connectivity index (χ2v) is 8.02. The largest absolute Gasteiger partial charge is 0.393 e. The number of nitrogens with one attached hydrogen (secondary N) is 1. The molecule has 0 aromatic heterocycles. The molecule has 2 heteroatoms. The monoisotopic (exact) mass is 293 g/mol. The van der Waals surface area contributed by atoms with Crippen molar-refractivity contribution in [3.05, 3.63) is 0 Å². The van der Waals surface area contributed by atoms with E-state index in [2.05, 4.69) is 5.32 Å². The van der Waals surface area contributed by atoms with E-state index >= 15 is 0 Å². The maximum Gasteiger partial charge on any atom is 0.0567 e. The highest BCUT2D eigenvalue weighted by atomic mass is 16.3. The van der Waals surface area contributed by atoms with Gasteiger partial charge in [0.25, 0.3) is 0 Å². The maximum absolute atomic E-state index is 9.97. The number of hydrogen-bond acceptors (Lipinski definition) is 2. The van der Waals surface area contributed by atoms with Crippen molar-refractivity contribution in [1.82, 2.24) is 5.32 Å². The lowest BCUT2D eigenvalue weighted by Gasteiger charge is -2.41. The third kappa shape index (κ3) is 4.45. The van der Waals surface area contributed by atoms with E-state index in [0.29, 0.717) is 6.04 Å². The lowest BCUT2D eigenvalue weighted by Crippen LogP contribution is -2.43. The highest BCUT2D eigenvalue weighted by Crippen LogP contribution is 2.42. The normalized spacial score (nSPS) is 33.4. The molecule has 1 saturated heterocycles. The number of rotatable bonds is 4. The van der Waals surface area contributed by atoms with Crippen molar-refractivity contribution in [1.29, 1.82) is 0 Å². The maximum atomic E-state index is 9.97. The summed E-state index contributed by atoms with van der Waals surface area (Å²) < 4.78 is 0. The van der Waals surface area contributed by atoms with E-state index in [-0.39, 0.29) is 6.10 Å². The summed E-state index contributed by atoms with van der Waals surface area (Å²) in [6.45, 7) is 1.02. The van der Waals surface area contributed by atoms with Crippen LogP contribution in [0.15, 0.2) is 0 Å². The van der Waals surface area contributed by atoms with E-state index in [1.54, 1.807) is 0 Å². The number of hydrogen-bond donors (Lipinski definition) is 2. The Kier molecular flexibility index (Phi) is 5.99. The molecule has 0 bridgehead atoms. The fourth-order valence-electron chi connectivity index (χ4n) is 5.39. The predicted molar refractivity (Wildman–Crippen MR) is 88.3 cm³/mol. The van der Waals surface area contributed by atoms with Gasteiger partial charge in [0.1, 0.15) is 0 Å². The Morgan fingerprint density at radius 1 is 0.810 bits per heavy atom. The Labute approximate surface area is 131 Å². The van der Waals surface area contributed by atoms with Crippen LogP contribution in [0, 0.1) is 17.8 Å². The number of piperidine rings is 1. The van der Waals surface area contributed by atoms with Gasteiger partial charge in [0.15, 0.2) is 0 Å². The quantitative estimate of drug-likeness (QED) is 0.811. The summed E-state index contributed by atoms with van der Waals surface area (Å²) in [6, 6.07) is 0.586. The molecular weight excluding hydrogens is 258 g/mol. The molecule has 3 rings (SSSR count). The minimum atomic E-state index is -0.0467. The van der Waals surface area contributed by atoms with Gasteiger partial charge in [-0.15, -0.1) is 0 Å². The van der Waals surface area contributed by atoms with Crippen molar-refractivity contribution in [3.8, 4) is 0 Å². The van der Waals surface area contributed by atoms with Gasteiger partial charge >= 0.3 is 0 Å². The van der Waals surface area contributed by atoms with Crippen LogP contribution < -0.4 is 5.32 Å². The third-order valence-corrected chi connectivity index (χ3v) is 6.53. The van der Waals surface area contributed by atoms with Crippen molar-refractivity contribution < 1.29 is 5.11 Å². The van der Waals surface area contributed by atoms with E-state index in [1.807, 2.05) is 0 Å². The number of aliphatic hydroxyl groups excluding tert-OH is 1. The van der Waals surface area contributed by atoms with Crippen molar-refractivity contribution in [2.24, 2.45) is 17.8 Å². The van der Waals surface area contributed by atoms with Crippen molar-refractivity contribution in [3.63, 3.8) is 0 Å². The SMILES string of the molecule is OC1CCNC(CC(C2CCCCC2)C2CCCCC2)C1. The Balaban J connectivity index is 1.62. The highest BCUT2D eigenvalue weighted by Gasteiger charge is 2.34. The molecule has 2 saturated carbocycles. The van der Waals surface area contributed by atoms with Gasteiger partial charge in [0.05, 0.1) is 6.10 Å². The third-order valence-electron chi connectivity index (χ3n) is 6.53. The smallest absolute Gasteiger partial charge is 0.0567 e. The molecule has 2 N–H and O–H groups in total. The Morgan fingerprint density at radius 2 is 1.38 bits per heavy atom. The fourth-order valence-corrected chi connectivity index (χ4v) is 5.39. The second kappa shape index (κ2) is 7.97. The fraction of sp³-hybridized carbons (Fsp3) is 1.00. The molecule has 0 spiro atoms. The van der Waals surface area contributed by atoms with Gasteiger partial charge in [0.2, 0.25) is 0 Å². The first-order valence-electron chi connectivity index (χ1n) is 9.74. The highest BCUT2D eigenvalue weighted by molar-refractivity contribution is 4.87. The summed E-state index contributed by atoms with van der Waals surface area (Å²) in [5, 5.41) is 13.7. The lowest BCUT2D eigenvalue weighted by atomic mass is 9.67. The van der Waals surface area contributed by atoms with E-state index in [1.165, 1.54) is 70.6 Å². The predicted octanol–water partition coefficient (Wildman–Crippen LogP) is 4.27. The molecule has 3 aliphatic rings. The average Bonchev–Trinajstić information content (AvgIpc) is 2.54. The molecule has 2 aliphatic carbocycles. The molecule has 0 aromatic rings. The van der Waals surface area contributed by atoms with Crippen LogP contribution in [0.4, 0.5) is 0 Å². The molecule has 2 atom stereocenters. The molecule has 2 nitrogen and oxygen atoms in total. The van der Waals surface area contributed by atoms with Crippen molar-refractivity contribution in [2.45, 2.75) is 95.6 Å². The summed E-state index contributed by atoms with van der Waals surface area (Å²) in [5.41, 5.74) is 0. The van der Waals surface area contributed by atoms with Crippen LogP contribution in [0.5, 0.6) is 0 Å². The zero-order valence-electron chi connectivity index (χ0n) is 13.7. The first-order chi connectivity index (χ1) is 10.3. The van der Waals surface area contributed by atoms with Crippen LogP contribution in [0.2, 0.25) is 0 Å². The van der Waals surface area contributed by atoms with E-state index in [0.717, 1.165) is 37.1 Å². The molecular formula is C19H35NO. The topological polar surface area (TPSA) is 32.3 Å². The van der Waals surface area contributed by atoms with Crippen LogP contribution in [0.25, 0.3) is 0 Å².